The van der Waals surface area contributed by atoms with Gasteiger partial charge < -0.3 is 5.32 Å². The maximum Gasteiger partial charge on any atom is 0.0270 e. The predicted octanol–water partition coefficient (Wildman–Crippen LogP) is 3.99. The Morgan fingerprint density at radius 2 is 1.83 bits per heavy atom. The third-order valence-corrected chi connectivity index (χ3v) is 4.10. The molecule has 0 aliphatic carbocycles. The summed E-state index contributed by atoms with van der Waals surface area (Å²) in [5.41, 5.74) is 1.68. The van der Waals surface area contributed by atoms with Crippen molar-refractivity contribution in [1.29, 1.82) is 0 Å². The van der Waals surface area contributed by atoms with Gasteiger partial charge in [0.2, 0.25) is 0 Å². The van der Waals surface area contributed by atoms with Crippen LogP contribution in [-0.2, 0) is 0 Å². The Hall–Kier alpha value is -0.890. The number of nitrogens with zero attached hydrogens (tertiary/aromatic N) is 1. The molecule has 1 aromatic heterocycles. The molecule has 1 rings (SSSR count). The highest BCUT2D eigenvalue weighted by atomic mass is 14.9. The minimum atomic E-state index is 0.303. The first kappa shape index (κ1) is 15.2. The molecule has 2 heteroatoms. The van der Waals surface area contributed by atoms with Crippen LogP contribution >= 0.6 is 0 Å². The third kappa shape index (κ3) is 3.81. The molecule has 0 amide bonds. The van der Waals surface area contributed by atoms with Crippen molar-refractivity contribution in [2.24, 2.45) is 5.41 Å². The van der Waals surface area contributed by atoms with Crippen molar-refractivity contribution in [3.8, 4) is 0 Å². The first-order valence-electron chi connectivity index (χ1n) is 7.16. The van der Waals surface area contributed by atoms with Gasteiger partial charge in [0.25, 0.3) is 0 Å². The summed E-state index contributed by atoms with van der Waals surface area (Å²) >= 11 is 0. The molecule has 0 saturated heterocycles. The molecule has 0 aromatic carbocycles. The van der Waals surface area contributed by atoms with Crippen molar-refractivity contribution in [3.05, 3.63) is 30.1 Å². The predicted molar refractivity (Wildman–Crippen MR) is 78.8 cm³/mol. The highest BCUT2D eigenvalue weighted by Gasteiger charge is 2.32. The Labute approximate surface area is 112 Å². The number of nitrogens with one attached hydrogen (secondary N) is 1. The Morgan fingerprint density at radius 3 is 2.33 bits per heavy atom. The molecule has 1 N–H and O–H groups in total. The molecule has 2 nitrogen and oxygen atoms in total. The molecule has 0 aliphatic heterocycles. The normalized spacial score (nSPS) is 15.4. The second kappa shape index (κ2) is 6.89. The summed E-state index contributed by atoms with van der Waals surface area (Å²) in [5.74, 6) is 0.509. The van der Waals surface area contributed by atoms with E-state index in [2.05, 4.69) is 57.1 Å². The number of pyridine rings is 1. The third-order valence-electron chi connectivity index (χ3n) is 4.10. The summed E-state index contributed by atoms with van der Waals surface area (Å²) in [4.78, 5) is 4.11. The van der Waals surface area contributed by atoms with Gasteiger partial charge in [0.05, 0.1) is 0 Å². The quantitative estimate of drug-likeness (QED) is 0.789. The Morgan fingerprint density at radius 1 is 1.22 bits per heavy atom. The van der Waals surface area contributed by atoms with E-state index in [0.29, 0.717) is 17.4 Å². The highest BCUT2D eigenvalue weighted by Crippen LogP contribution is 2.34. The highest BCUT2D eigenvalue weighted by molar-refractivity contribution is 5.18. The van der Waals surface area contributed by atoms with E-state index in [1.807, 2.05) is 12.4 Å². The molecule has 102 valence electrons. The van der Waals surface area contributed by atoms with Crippen LogP contribution in [0.25, 0.3) is 0 Å². The van der Waals surface area contributed by atoms with E-state index < -0.39 is 0 Å². The lowest BCUT2D eigenvalue weighted by molar-refractivity contribution is 0.206. The standard InChI is InChI=1S/C16H28N2/c1-6-10-18-15(16(4,5)7-2)13(3)14-8-11-17-12-9-14/h8-9,11-13,15,18H,6-7,10H2,1-5H3. The minimum Gasteiger partial charge on any atom is -0.313 e. The second-order valence-electron chi connectivity index (χ2n) is 5.84. The Bertz CT molecular complexity index is 332. The molecule has 0 spiro atoms. The molecule has 2 atom stereocenters. The molecule has 0 aliphatic rings. The second-order valence-corrected chi connectivity index (χ2v) is 5.84. The topological polar surface area (TPSA) is 24.9 Å². The van der Waals surface area contributed by atoms with Gasteiger partial charge in [0.1, 0.15) is 0 Å². The summed E-state index contributed by atoms with van der Waals surface area (Å²) in [6, 6.07) is 4.78. The largest absolute Gasteiger partial charge is 0.313 e. The Kier molecular flexibility index (Phi) is 5.80. The van der Waals surface area contributed by atoms with Gasteiger partial charge in [-0.05, 0) is 48.4 Å². The fourth-order valence-electron chi connectivity index (χ4n) is 2.51. The zero-order valence-electron chi connectivity index (χ0n) is 12.5. The first-order valence-corrected chi connectivity index (χ1v) is 7.16. The van der Waals surface area contributed by atoms with Crippen LogP contribution < -0.4 is 5.32 Å². The summed E-state index contributed by atoms with van der Waals surface area (Å²) in [6.07, 6.45) is 6.15. The van der Waals surface area contributed by atoms with Crippen LogP contribution in [0.3, 0.4) is 0 Å². The minimum absolute atomic E-state index is 0.303. The number of aromatic nitrogens is 1. The maximum absolute atomic E-state index is 4.11. The summed E-state index contributed by atoms with van der Waals surface area (Å²) in [6.45, 7) is 12.6. The maximum atomic E-state index is 4.11. The molecule has 0 saturated carbocycles. The van der Waals surface area contributed by atoms with Gasteiger partial charge >= 0.3 is 0 Å². The molecule has 1 heterocycles. The lowest BCUT2D eigenvalue weighted by Gasteiger charge is -2.39. The average Bonchev–Trinajstić information content (AvgIpc) is 2.39. The van der Waals surface area contributed by atoms with E-state index in [0.717, 1.165) is 6.54 Å². The molecular weight excluding hydrogens is 220 g/mol. The van der Waals surface area contributed by atoms with Crippen molar-refractivity contribution in [2.45, 2.75) is 59.4 Å². The van der Waals surface area contributed by atoms with E-state index >= 15 is 0 Å². The summed E-state index contributed by atoms with van der Waals surface area (Å²) in [5, 5.41) is 3.74. The number of rotatable bonds is 7. The fourth-order valence-corrected chi connectivity index (χ4v) is 2.51. The Balaban J connectivity index is 2.89. The van der Waals surface area contributed by atoms with Gasteiger partial charge in [-0.15, -0.1) is 0 Å². The molecule has 2 unspecified atom stereocenters. The zero-order valence-corrected chi connectivity index (χ0v) is 12.5. The van der Waals surface area contributed by atoms with Gasteiger partial charge in [0.15, 0.2) is 0 Å². The van der Waals surface area contributed by atoms with E-state index in [1.165, 1.54) is 18.4 Å². The van der Waals surface area contributed by atoms with Crippen molar-refractivity contribution in [1.82, 2.24) is 10.3 Å². The van der Waals surface area contributed by atoms with Crippen LogP contribution in [0.1, 0.15) is 58.9 Å². The fraction of sp³-hybridized carbons (Fsp3) is 0.688. The molecule has 0 radical (unpaired) electrons. The van der Waals surface area contributed by atoms with Crippen LogP contribution in [0.5, 0.6) is 0 Å². The number of hydrogen-bond acceptors (Lipinski definition) is 2. The van der Waals surface area contributed by atoms with Crippen LogP contribution in [0.2, 0.25) is 0 Å². The SMILES string of the molecule is CCCNC(C(C)c1ccncc1)C(C)(C)CC. The zero-order chi connectivity index (χ0) is 13.6. The van der Waals surface area contributed by atoms with Gasteiger partial charge in [-0.1, -0.05) is 34.6 Å². The van der Waals surface area contributed by atoms with Crippen molar-refractivity contribution in [3.63, 3.8) is 0 Å². The monoisotopic (exact) mass is 248 g/mol. The van der Waals surface area contributed by atoms with E-state index in [1.54, 1.807) is 0 Å². The molecule has 0 bridgehead atoms. The summed E-state index contributed by atoms with van der Waals surface area (Å²) < 4.78 is 0. The number of hydrogen-bond donors (Lipinski definition) is 1. The van der Waals surface area contributed by atoms with E-state index in [4.69, 9.17) is 0 Å². The van der Waals surface area contributed by atoms with Gasteiger partial charge in [-0.2, -0.15) is 0 Å². The van der Waals surface area contributed by atoms with Crippen molar-refractivity contribution < 1.29 is 0 Å². The molecule has 0 fully saturated rings. The van der Waals surface area contributed by atoms with Crippen molar-refractivity contribution in [2.75, 3.05) is 6.54 Å². The average molecular weight is 248 g/mol. The first-order chi connectivity index (χ1) is 8.53. The van der Waals surface area contributed by atoms with Crippen LogP contribution in [0, 0.1) is 5.41 Å². The molecule has 18 heavy (non-hydrogen) atoms. The van der Waals surface area contributed by atoms with Crippen LogP contribution in [0.4, 0.5) is 0 Å². The lowest BCUT2D eigenvalue weighted by atomic mass is 9.74. The van der Waals surface area contributed by atoms with Gasteiger partial charge in [0, 0.05) is 18.4 Å². The van der Waals surface area contributed by atoms with E-state index in [-0.39, 0.29) is 0 Å². The van der Waals surface area contributed by atoms with Crippen molar-refractivity contribution >= 4 is 0 Å². The lowest BCUT2D eigenvalue weighted by Crippen LogP contribution is -2.45. The van der Waals surface area contributed by atoms with Crippen LogP contribution in [-0.4, -0.2) is 17.6 Å². The van der Waals surface area contributed by atoms with Gasteiger partial charge in [-0.3, -0.25) is 4.98 Å². The van der Waals surface area contributed by atoms with Gasteiger partial charge in [-0.25, -0.2) is 0 Å². The summed E-state index contributed by atoms with van der Waals surface area (Å²) in [7, 11) is 0. The van der Waals surface area contributed by atoms with E-state index in [9.17, 15) is 0 Å². The molecule has 1 aromatic rings. The molecular formula is C16H28N2. The smallest absolute Gasteiger partial charge is 0.0270 e. The van der Waals surface area contributed by atoms with Crippen LogP contribution in [0.15, 0.2) is 24.5 Å².